The summed E-state index contributed by atoms with van der Waals surface area (Å²) in [6, 6.07) is 16.5. The summed E-state index contributed by atoms with van der Waals surface area (Å²) < 4.78 is 27.8. The van der Waals surface area contributed by atoms with Gasteiger partial charge in [0.1, 0.15) is 13.2 Å². The molecule has 0 saturated carbocycles. The Balaban J connectivity index is 1.36. The number of ether oxygens (including phenoxy) is 5. The van der Waals surface area contributed by atoms with Gasteiger partial charge in [0.15, 0.2) is 29.2 Å². The molecule has 238 valence electrons. The van der Waals surface area contributed by atoms with Gasteiger partial charge in [-0.05, 0) is 73.0 Å². The molecule has 0 unspecified atom stereocenters. The predicted molar refractivity (Wildman–Crippen MR) is 168 cm³/mol. The third-order valence-electron chi connectivity index (χ3n) is 6.60. The fraction of sp³-hybridized carbons (Fsp3) is 0.281. The molecule has 12 nitrogen and oxygen atoms in total. The molecule has 45 heavy (non-hydrogen) atoms. The molecule has 1 aliphatic rings. The van der Waals surface area contributed by atoms with Crippen LogP contribution in [0, 0.1) is 0 Å². The molecule has 0 fully saturated rings. The van der Waals surface area contributed by atoms with Crippen LogP contribution < -0.4 is 35.0 Å². The first-order chi connectivity index (χ1) is 21.7. The van der Waals surface area contributed by atoms with E-state index in [0.29, 0.717) is 58.1 Å². The van der Waals surface area contributed by atoms with E-state index in [0.717, 1.165) is 5.56 Å². The minimum atomic E-state index is -1.15. The van der Waals surface area contributed by atoms with Crippen LogP contribution in [0.3, 0.4) is 0 Å². The molecule has 4 rings (SSSR count). The van der Waals surface area contributed by atoms with Crippen LogP contribution in [0.15, 0.2) is 77.0 Å². The van der Waals surface area contributed by atoms with Gasteiger partial charge in [0.05, 0.1) is 38.7 Å². The monoisotopic (exact) mass is 638 g/mol. The summed E-state index contributed by atoms with van der Waals surface area (Å²) in [5.74, 6) is 1.24. The average molecular weight is 639 g/mol. The third kappa shape index (κ3) is 8.80. The minimum Gasteiger partial charge on any atom is -0.493 e. The Bertz CT molecular complexity index is 1560. The van der Waals surface area contributed by atoms with Crippen LogP contribution in [-0.4, -0.2) is 57.0 Å². The van der Waals surface area contributed by atoms with Crippen LogP contribution in [0.25, 0.3) is 0 Å². The fourth-order valence-corrected chi connectivity index (χ4v) is 4.57. The highest BCUT2D eigenvalue weighted by molar-refractivity contribution is 6.30. The van der Waals surface area contributed by atoms with Crippen LogP contribution in [-0.2, 0) is 16.1 Å². The number of aliphatic hydroxyl groups excluding tert-OH is 1. The summed E-state index contributed by atoms with van der Waals surface area (Å²) in [5.41, 5.74) is 5.53. The van der Waals surface area contributed by atoms with Crippen molar-refractivity contribution in [3.8, 4) is 23.0 Å². The molecule has 1 aliphatic heterocycles. The van der Waals surface area contributed by atoms with Gasteiger partial charge in [0.25, 0.3) is 0 Å². The van der Waals surface area contributed by atoms with Gasteiger partial charge in [-0.25, -0.2) is 9.59 Å². The highest BCUT2D eigenvalue weighted by atomic mass is 35.5. The number of halogens is 1. The van der Waals surface area contributed by atoms with Crippen LogP contribution in [0.4, 0.5) is 4.79 Å². The fourth-order valence-electron chi connectivity index (χ4n) is 4.45. The van der Waals surface area contributed by atoms with Crippen molar-refractivity contribution >= 4 is 29.8 Å². The van der Waals surface area contributed by atoms with Crippen molar-refractivity contribution in [3.05, 3.63) is 93.6 Å². The molecular formula is C32H35ClN4O8. The number of allylic oxidation sites excluding steroid dienone is 1. The van der Waals surface area contributed by atoms with Crippen molar-refractivity contribution in [2.45, 2.75) is 32.7 Å². The van der Waals surface area contributed by atoms with Gasteiger partial charge in [-0.2, -0.15) is 5.10 Å². The molecule has 3 aromatic rings. The number of nitrogens with one attached hydrogen (secondary N) is 3. The minimum absolute atomic E-state index is 0.159. The molecule has 4 N–H and O–H groups in total. The van der Waals surface area contributed by atoms with E-state index in [4.69, 9.17) is 35.3 Å². The van der Waals surface area contributed by atoms with E-state index < -0.39 is 24.3 Å². The summed E-state index contributed by atoms with van der Waals surface area (Å²) >= 11 is 5.94. The van der Waals surface area contributed by atoms with Crippen LogP contribution in [0.2, 0.25) is 5.02 Å². The van der Waals surface area contributed by atoms with Crippen molar-refractivity contribution < 1.29 is 38.4 Å². The summed E-state index contributed by atoms with van der Waals surface area (Å²) in [7, 11) is 2.82. The number of rotatable bonds is 14. The highest BCUT2D eigenvalue weighted by Gasteiger charge is 2.32. The third-order valence-corrected chi connectivity index (χ3v) is 6.86. The number of carbonyl (C=O) groups is 2. The van der Waals surface area contributed by atoms with Gasteiger partial charge < -0.3 is 39.4 Å². The number of carbonyl (C=O) groups excluding carboxylic acids is 2. The lowest BCUT2D eigenvalue weighted by Gasteiger charge is -2.28. The van der Waals surface area contributed by atoms with Gasteiger partial charge in [-0.1, -0.05) is 29.8 Å². The SMILES string of the molecule is CCOc1cc([C@H]2NC(=O)NC(C)=C2C(=O)OC)ccc1OC[C@H](O)N/N=C\c1ccc(OCc2ccc(Cl)cc2)c(OC)c1. The van der Waals surface area contributed by atoms with Gasteiger partial charge in [-0.15, -0.1) is 0 Å². The molecule has 2 atom stereocenters. The second-order valence-corrected chi connectivity index (χ2v) is 10.2. The Morgan fingerprint density at radius 3 is 2.47 bits per heavy atom. The molecule has 0 radical (unpaired) electrons. The average Bonchev–Trinajstić information content (AvgIpc) is 3.03. The maximum absolute atomic E-state index is 12.4. The number of hydrogen-bond donors (Lipinski definition) is 4. The first kappa shape index (κ1) is 33.0. The molecular weight excluding hydrogens is 604 g/mol. The lowest BCUT2D eigenvalue weighted by atomic mass is 9.95. The Labute approximate surface area is 265 Å². The van der Waals surface area contributed by atoms with Crippen molar-refractivity contribution in [2.75, 3.05) is 27.4 Å². The quantitative estimate of drug-likeness (QED) is 0.0870. The number of esters is 1. The zero-order valence-corrected chi connectivity index (χ0v) is 26.0. The molecule has 13 heteroatoms. The molecule has 0 saturated heterocycles. The maximum Gasteiger partial charge on any atom is 0.337 e. The van der Waals surface area contributed by atoms with Gasteiger partial charge in [-0.3, -0.25) is 5.43 Å². The van der Waals surface area contributed by atoms with Crippen molar-refractivity contribution in [1.29, 1.82) is 0 Å². The Morgan fingerprint density at radius 2 is 1.76 bits per heavy atom. The van der Waals surface area contributed by atoms with Gasteiger partial charge >= 0.3 is 12.0 Å². The van der Waals surface area contributed by atoms with Gasteiger partial charge in [0.2, 0.25) is 0 Å². The Hall–Kier alpha value is -4.94. The van der Waals surface area contributed by atoms with Gasteiger partial charge in [0, 0.05) is 10.7 Å². The van der Waals surface area contributed by atoms with Crippen LogP contribution in [0.1, 0.15) is 36.6 Å². The van der Waals surface area contributed by atoms with E-state index in [1.54, 1.807) is 62.6 Å². The number of methoxy groups -OCH3 is 2. The lowest BCUT2D eigenvalue weighted by Crippen LogP contribution is -2.45. The molecule has 0 aliphatic carbocycles. The standard InChI is InChI=1S/C32H35ClN4O8/c1-5-43-27-15-22(30-29(31(39)42-4)19(2)35-32(40)36-30)9-13-25(27)45-18-28(38)37-34-16-21-8-12-24(26(14-21)41-3)44-17-20-6-10-23(33)11-7-20/h6-16,28,30,37-38H,5,17-18H2,1-4H3,(H2,35,36,40)/b34-16-/t28-,30+/m0/s1. The number of amides is 2. The van der Waals surface area contributed by atoms with Crippen molar-refractivity contribution in [1.82, 2.24) is 16.1 Å². The number of hydrogen-bond acceptors (Lipinski definition) is 10. The number of hydrazone groups is 1. The van der Waals surface area contributed by atoms with E-state index in [9.17, 15) is 14.7 Å². The largest absolute Gasteiger partial charge is 0.493 e. The number of aliphatic hydroxyl groups is 1. The zero-order chi connectivity index (χ0) is 32.3. The Kier molecular flexibility index (Phi) is 11.5. The maximum atomic E-state index is 12.4. The molecule has 0 aromatic heterocycles. The molecule has 0 bridgehead atoms. The topological polar surface area (TPSA) is 149 Å². The number of urea groups is 1. The normalized spacial score (nSPS) is 15.2. The summed E-state index contributed by atoms with van der Waals surface area (Å²) in [6.07, 6.45) is 0.371. The first-order valence-corrected chi connectivity index (χ1v) is 14.4. The van der Waals surface area contributed by atoms with E-state index >= 15 is 0 Å². The van der Waals surface area contributed by atoms with E-state index in [-0.39, 0.29) is 12.2 Å². The second kappa shape index (κ2) is 15.7. The second-order valence-electron chi connectivity index (χ2n) is 9.74. The number of nitrogens with zero attached hydrogens (tertiary/aromatic N) is 1. The van der Waals surface area contributed by atoms with E-state index in [2.05, 4.69) is 21.2 Å². The highest BCUT2D eigenvalue weighted by Crippen LogP contribution is 2.35. The first-order valence-electron chi connectivity index (χ1n) is 14.0. The smallest absolute Gasteiger partial charge is 0.337 e. The molecule has 0 spiro atoms. The van der Waals surface area contributed by atoms with Crippen molar-refractivity contribution in [3.63, 3.8) is 0 Å². The van der Waals surface area contributed by atoms with Crippen LogP contribution in [0.5, 0.6) is 23.0 Å². The van der Waals surface area contributed by atoms with E-state index in [1.165, 1.54) is 13.3 Å². The lowest BCUT2D eigenvalue weighted by molar-refractivity contribution is -0.136. The van der Waals surface area contributed by atoms with E-state index in [1.807, 2.05) is 19.1 Å². The Morgan fingerprint density at radius 1 is 1.02 bits per heavy atom. The van der Waals surface area contributed by atoms with Crippen molar-refractivity contribution in [2.24, 2.45) is 5.10 Å². The number of benzene rings is 3. The summed E-state index contributed by atoms with van der Waals surface area (Å²) in [6.45, 7) is 3.96. The molecule has 1 heterocycles. The summed E-state index contributed by atoms with van der Waals surface area (Å²) in [4.78, 5) is 24.6. The molecule has 3 aromatic carbocycles. The van der Waals surface area contributed by atoms with Crippen LogP contribution >= 0.6 is 11.6 Å². The summed E-state index contributed by atoms with van der Waals surface area (Å²) in [5, 5.41) is 20.5. The predicted octanol–water partition coefficient (Wildman–Crippen LogP) is 4.45. The molecule has 2 amide bonds. The zero-order valence-electron chi connectivity index (χ0n) is 25.3.